The summed E-state index contributed by atoms with van der Waals surface area (Å²) in [6.07, 6.45) is 9.95. The van der Waals surface area contributed by atoms with Gasteiger partial charge in [-0.3, -0.25) is 0 Å². The Labute approximate surface area is 132 Å². The van der Waals surface area contributed by atoms with Crippen molar-refractivity contribution < 1.29 is 9.53 Å². The number of rotatable bonds is 11. The normalized spacial score (nSPS) is 10.7. The number of pyridine rings is 1. The molecule has 0 saturated carbocycles. The molecule has 0 atom stereocenters. The van der Waals surface area contributed by atoms with Crippen LogP contribution in [0.1, 0.15) is 51.4 Å². The minimum absolute atomic E-state index is 0.715. The van der Waals surface area contributed by atoms with E-state index < -0.39 is 0 Å². The minimum atomic E-state index is 0.715. The van der Waals surface area contributed by atoms with E-state index in [1.807, 2.05) is 24.3 Å². The quantitative estimate of drug-likeness (QED) is 0.436. The molecule has 1 aromatic carbocycles. The van der Waals surface area contributed by atoms with Gasteiger partial charge in [-0.1, -0.05) is 50.3 Å². The largest absolute Gasteiger partial charge is 0.478 e. The maximum absolute atomic E-state index is 10.2. The fourth-order valence-electron chi connectivity index (χ4n) is 2.52. The van der Waals surface area contributed by atoms with Gasteiger partial charge < -0.3 is 9.53 Å². The Kier molecular flexibility index (Phi) is 7.44. The zero-order valence-electron chi connectivity index (χ0n) is 13.2. The molecular formula is C19H25NO2. The van der Waals surface area contributed by atoms with E-state index in [0.717, 1.165) is 36.6 Å². The van der Waals surface area contributed by atoms with Gasteiger partial charge in [-0.15, -0.1) is 0 Å². The van der Waals surface area contributed by atoms with Crippen molar-refractivity contribution in [3.05, 3.63) is 36.4 Å². The van der Waals surface area contributed by atoms with E-state index >= 15 is 0 Å². The Balaban J connectivity index is 1.55. The fourth-order valence-corrected chi connectivity index (χ4v) is 2.52. The van der Waals surface area contributed by atoms with Gasteiger partial charge >= 0.3 is 0 Å². The molecule has 0 aliphatic heterocycles. The molecule has 0 aliphatic rings. The minimum Gasteiger partial charge on any atom is -0.478 e. The number of carbonyl (C=O) groups excluding carboxylic acids is 1. The average Bonchev–Trinajstić information content (AvgIpc) is 2.56. The van der Waals surface area contributed by atoms with Crippen LogP contribution in [0.2, 0.25) is 0 Å². The fraction of sp³-hybridized carbons (Fsp3) is 0.474. The van der Waals surface area contributed by atoms with Crippen LogP contribution in [0, 0.1) is 0 Å². The third-order valence-electron chi connectivity index (χ3n) is 3.79. The van der Waals surface area contributed by atoms with Gasteiger partial charge in [0.2, 0.25) is 5.88 Å². The van der Waals surface area contributed by atoms with Crippen LogP contribution in [0.4, 0.5) is 0 Å². The molecule has 0 saturated heterocycles. The van der Waals surface area contributed by atoms with Crippen molar-refractivity contribution in [1.29, 1.82) is 0 Å². The summed E-state index contributed by atoms with van der Waals surface area (Å²) in [5.74, 6) is 0.715. The maximum Gasteiger partial charge on any atom is 0.213 e. The molecule has 0 N–H and O–H groups in total. The number of hydrogen-bond acceptors (Lipinski definition) is 3. The summed E-state index contributed by atoms with van der Waals surface area (Å²) in [5, 5.41) is 1.14. The van der Waals surface area contributed by atoms with Crippen molar-refractivity contribution in [3.8, 4) is 5.88 Å². The number of hydrogen-bond donors (Lipinski definition) is 0. The number of aromatic nitrogens is 1. The first kappa shape index (κ1) is 16.5. The van der Waals surface area contributed by atoms with Crippen LogP contribution in [0.5, 0.6) is 5.88 Å². The standard InChI is InChI=1S/C19H25NO2/c21-15-9-5-3-1-2-4-6-10-16-22-19-14-13-17-11-7-8-12-18(17)20-19/h7-8,11-15H,1-6,9-10,16H2. The van der Waals surface area contributed by atoms with Gasteiger partial charge in [-0.2, -0.15) is 0 Å². The van der Waals surface area contributed by atoms with Crippen LogP contribution in [0.15, 0.2) is 36.4 Å². The van der Waals surface area contributed by atoms with E-state index in [2.05, 4.69) is 17.1 Å². The number of para-hydroxylation sites is 1. The predicted molar refractivity (Wildman–Crippen MR) is 90.2 cm³/mol. The number of fused-ring (bicyclic) bond motifs is 1. The molecule has 0 amide bonds. The number of nitrogens with zero attached hydrogens (tertiary/aromatic N) is 1. The van der Waals surface area contributed by atoms with Crippen molar-refractivity contribution in [1.82, 2.24) is 4.98 Å². The zero-order valence-corrected chi connectivity index (χ0v) is 13.2. The topological polar surface area (TPSA) is 39.2 Å². The third-order valence-corrected chi connectivity index (χ3v) is 3.79. The molecule has 0 fully saturated rings. The van der Waals surface area contributed by atoms with E-state index in [-0.39, 0.29) is 0 Å². The van der Waals surface area contributed by atoms with Crippen LogP contribution >= 0.6 is 0 Å². The first-order chi connectivity index (χ1) is 10.9. The van der Waals surface area contributed by atoms with Crippen LogP contribution in [-0.2, 0) is 4.79 Å². The number of aldehydes is 1. The molecule has 118 valence electrons. The van der Waals surface area contributed by atoms with Crippen molar-refractivity contribution in [2.45, 2.75) is 51.4 Å². The molecule has 0 radical (unpaired) electrons. The highest BCUT2D eigenvalue weighted by molar-refractivity contribution is 5.78. The second-order valence-corrected chi connectivity index (χ2v) is 5.62. The Morgan fingerprint density at radius 3 is 2.41 bits per heavy atom. The summed E-state index contributed by atoms with van der Waals surface area (Å²) in [4.78, 5) is 14.7. The molecule has 22 heavy (non-hydrogen) atoms. The van der Waals surface area contributed by atoms with Gasteiger partial charge in [-0.05, 0) is 25.0 Å². The lowest BCUT2D eigenvalue weighted by Crippen LogP contribution is -1.99. The highest BCUT2D eigenvalue weighted by atomic mass is 16.5. The average molecular weight is 299 g/mol. The van der Waals surface area contributed by atoms with E-state index in [0.29, 0.717) is 12.3 Å². The molecule has 0 aliphatic carbocycles. The van der Waals surface area contributed by atoms with E-state index in [9.17, 15) is 4.79 Å². The number of benzene rings is 1. The SMILES string of the molecule is O=CCCCCCCCCCOc1ccc2ccccc2n1. The first-order valence-electron chi connectivity index (χ1n) is 8.32. The number of unbranched alkanes of at least 4 members (excludes halogenated alkanes) is 7. The molecule has 1 aromatic heterocycles. The lowest BCUT2D eigenvalue weighted by Gasteiger charge is -2.06. The third kappa shape index (κ3) is 5.84. The summed E-state index contributed by atoms with van der Waals surface area (Å²) in [6, 6.07) is 12.1. The Morgan fingerprint density at radius 2 is 1.59 bits per heavy atom. The van der Waals surface area contributed by atoms with Gasteiger partial charge in [0.15, 0.2) is 0 Å². The van der Waals surface area contributed by atoms with Crippen LogP contribution in [0.3, 0.4) is 0 Å². The van der Waals surface area contributed by atoms with Crippen molar-refractivity contribution in [3.63, 3.8) is 0 Å². The van der Waals surface area contributed by atoms with Gasteiger partial charge in [0.1, 0.15) is 6.29 Å². The van der Waals surface area contributed by atoms with Crippen molar-refractivity contribution >= 4 is 17.2 Å². The van der Waals surface area contributed by atoms with E-state index in [1.54, 1.807) is 0 Å². The molecule has 2 aromatic rings. The molecule has 3 heteroatoms. The first-order valence-corrected chi connectivity index (χ1v) is 8.32. The lowest BCUT2D eigenvalue weighted by molar-refractivity contribution is -0.107. The Hall–Kier alpha value is -1.90. The summed E-state index contributed by atoms with van der Waals surface area (Å²) < 4.78 is 5.72. The van der Waals surface area contributed by atoms with Gasteiger partial charge in [-0.25, -0.2) is 4.98 Å². The second-order valence-electron chi connectivity index (χ2n) is 5.62. The Bertz CT molecular complexity index is 568. The van der Waals surface area contributed by atoms with Gasteiger partial charge in [0, 0.05) is 17.9 Å². The lowest BCUT2D eigenvalue weighted by atomic mass is 10.1. The van der Waals surface area contributed by atoms with Crippen LogP contribution < -0.4 is 4.74 Å². The predicted octanol–water partition coefficient (Wildman–Crippen LogP) is 4.93. The highest BCUT2D eigenvalue weighted by Crippen LogP contribution is 2.16. The van der Waals surface area contributed by atoms with Crippen LogP contribution in [0.25, 0.3) is 10.9 Å². The van der Waals surface area contributed by atoms with E-state index in [1.165, 1.54) is 32.1 Å². The van der Waals surface area contributed by atoms with Gasteiger partial charge in [0.05, 0.1) is 12.1 Å². The van der Waals surface area contributed by atoms with E-state index in [4.69, 9.17) is 4.74 Å². The molecule has 1 heterocycles. The molecule has 0 bridgehead atoms. The van der Waals surface area contributed by atoms with Crippen molar-refractivity contribution in [2.75, 3.05) is 6.61 Å². The Morgan fingerprint density at radius 1 is 0.864 bits per heavy atom. The molecule has 0 spiro atoms. The number of carbonyl (C=O) groups is 1. The molecule has 0 unspecified atom stereocenters. The monoisotopic (exact) mass is 299 g/mol. The smallest absolute Gasteiger partial charge is 0.213 e. The highest BCUT2D eigenvalue weighted by Gasteiger charge is 1.98. The van der Waals surface area contributed by atoms with Crippen molar-refractivity contribution in [2.24, 2.45) is 0 Å². The number of ether oxygens (including phenoxy) is 1. The maximum atomic E-state index is 10.2. The molecular weight excluding hydrogens is 274 g/mol. The summed E-state index contributed by atoms with van der Waals surface area (Å²) in [6.45, 7) is 0.733. The second kappa shape index (κ2) is 9.93. The van der Waals surface area contributed by atoms with Crippen LogP contribution in [-0.4, -0.2) is 17.9 Å². The van der Waals surface area contributed by atoms with Gasteiger partial charge in [0.25, 0.3) is 0 Å². The summed E-state index contributed by atoms with van der Waals surface area (Å²) >= 11 is 0. The molecule has 3 nitrogen and oxygen atoms in total. The summed E-state index contributed by atoms with van der Waals surface area (Å²) in [5.41, 5.74) is 0.982. The molecule has 2 rings (SSSR count). The zero-order chi connectivity index (χ0) is 15.5. The summed E-state index contributed by atoms with van der Waals surface area (Å²) in [7, 11) is 0.